The number of carbonyl (C=O) groups excluding carboxylic acids is 1. The third-order valence-electron chi connectivity index (χ3n) is 7.00. The molecule has 1 saturated heterocycles. The minimum Gasteiger partial charge on any atom is -0.353 e. The Bertz CT molecular complexity index is 1050. The molecule has 2 heterocycles. The lowest BCUT2D eigenvalue weighted by Gasteiger charge is -2.25. The Balaban J connectivity index is 1.26. The van der Waals surface area contributed by atoms with Crippen molar-refractivity contribution in [1.29, 1.82) is 0 Å². The number of likely N-dealkylation sites (tertiary alicyclic amines) is 1. The summed E-state index contributed by atoms with van der Waals surface area (Å²) in [5.41, 5.74) is 2.32. The second-order valence-corrected chi connectivity index (χ2v) is 9.34. The van der Waals surface area contributed by atoms with Gasteiger partial charge in [0.05, 0.1) is 5.41 Å². The Hall–Kier alpha value is -2.99. The molecule has 32 heavy (non-hydrogen) atoms. The van der Waals surface area contributed by atoms with E-state index in [2.05, 4.69) is 62.8 Å². The second kappa shape index (κ2) is 8.87. The van der Waals surface area contributed by atoms with Gasteiger partial charge >= 0.3 is 0 Å². The van der Waals surface area contributed by atoms with Crippen LogP contribution in [0.4, 0.5) is 0 Å². The van der Waals surface area contributed by atoms with E-state index in [-0.39, 0.29) is 17.4 Å². The van der Waals surface area contributed by atoms with E-state index in [1.54, 1.807) is 0 Å². The predicted molar refractivity (Wildman–Crippen MR) is 122 cm³/mol. The van der Waals surface area contributed by atoms with Crippen LogP contribution in [0.1, 0.15) is 42.1 Å². The molecule has 1 aromatic heterocycles. The van der Waals surface area contributed by atoms with Gasteiger partial charge in [0.15, 0.2) is 5.82 Å². The van der Waals surface area contributed by atoms with Crippen molar-refractivity contribution in [3.63, 3.8) is 0 Å². The Morgan fingerprint density at radius 1 is 1.12 bits per heavy atom. The van der Waals surface area contributed by atoms with E-state index in [1.807, 2.05) is 25.1 Å². The first-order valence-electron chi connectivity index (χ1n) is 11.5. The Labute approximate surface area is 189 Å². The normalized spacial score (nSPS) is 25.0. The van der Waals surface area contributed by atoms with Crippen LogP contribution in [0.3, 0.4) is 0 Å². The number of aryl methyl sites for hydroxylation is 2. The number of rotatable bonds is 7. The Morgan fingerprint density at radius 3 is 2.53 bits per heavy atom. The van der Waals surface area contributed by atoms with Crippen LogP contribution in [0.2, 0.25) is 0 Å². The van der Waals surface area contributed by atoms with Crippen molar-refractivity contribution < 1.29 is 9.32 Å². The molecule has 1 aliphatic carbocycles. The van der Waals surface area contributed by atoms with Gasteiger partial charge in [-0.05, 0) is 43.2 Å². The minimum atomic E-state index is -0.187. The first-order chi connectivity index (χ1) is 15.6. The molecule has 2 aliphatic rings. The highest BCUT2D eigenvalue weighted by molar-refractivity contribution is 5.76. The molecule has 1 aliphatic heterocycles. The lowest BCUT2D eigenvalue weighted by Crippen LogP contribution is -2.38. The maximum atomic E-state index is 12.7. The number of carbonyl (C=O) groups is 1. The summed E-state index contributed by atoms with van der Waals surface area (Å²) in [6, 6.07) is 20.9. The van der Waals surface area contributed by atoms with Crippen LogP contribution in [0.15, 0.2) is 65.2 Å². The smallest absolute Gasteiger partial charge is 0.234 e. The molecule has 3 aromatic rings. The molecule has 3 atom stereocenters. The third kappa shape index (κ3) is 4.32. The standard InChI is InChI=1S/C26H30N4O2/c1-19-27-25(32-29-19)26-15-23(28-24(31)13-12-20-8-4-2-5-9-20)14-22(26)17-30(18-26)16-21-10-6-3-7-11-21/h2-11,22-23H,12-18H2,1H3,(H,28,31)/t22-,23+,26-/m0/s1. The largest absolute Gasteiger partial charge is 0.353 e. The fraction of sp³-hybridized carbons (Fsp3) is 0.423. The topological polar surface area (TPSA) is 71.3 Å². The molecule has 6 heteroatoms. The summed E-state index contributed by atoms with van der Waals surface area (Å²) in [4.78, 5) is 19.8. The first kappa shape index (κ1) is 20.9. The first-order valence-corrected chi connectivity index (χ1v) is 11.5. The van der Waals surface area contributed by atoms with Crippen LogP contribution >= 0.6 is 0 Å². The number of benzene rings is 2. The van der Waals surface area contributed by atoms with Crippen molar-refractivity contribution in [2.45, 2.75) is 50.6 Å². The number of nitrogens with zero attached hydrogens (tertiary/aromatic N) is 3. The quantitative estimate of drug-likeness (QED) is 0.619. The Morgan fingerprint density at radius 2 is 1.84 bits per heavy atom. The van der Waals surface area contributed by atoms with E-state index in [4.69, 9.17) is 4.52 Å². The van der Waals surface area contributed by atoms with E-state index in [1.165, 1.54) is 11.1 Å². The van der Waals surface area contributed by atoms with Gasteiger partial charge in [0, 0.05) is 32.1 Å². The average molecular weight is 431 g/mol. The van der Waals surface area contributed by atoms with Crippen molar-refractivity contribution in [1.82, 2.24) is 20.4 Å². The van der Waals surface area contributed by atoms with E-state index in [0.29, 0.717) is 18.2 Å². The minimum absolute atomic E-state index is 0.122. The molecule has 0 spiro atoms. The van der Waals surface area contributed by atoms with E-state index in [0.717, 1.165) is 44.8 Å². The van der Waals surface area contributed by atoms with Gasteiger partial charge in [-0.25, -0.2) is 0 Å². The van der Waals surface area contributed by atoms with Gasteiger partial charge in [-0.2, -0.15) is 4.98 Å². The molecule has 1 N–H and O–H groups in total. The summed E-state index contributed by atoms with van der Waals surface area (Å²) in [6.07, 6.45) is 3.07. The molecule has 1 saturated carbocycles. The molecule has 0 bridgehead atoms. The molecule has 2 fully saturated rings. The van der Waals surface area contributed by atoms with Gasteiger partial charge in [-0.15, -0.1) is 0 Å². The SMILES string of the molecule is Cc1noc([C@]23C[C@H](NC(=O)CCc4ccccc4)C[C@H]2CN(Cc2ccccc2)C3)n1. The molecule has 2 aromatic carbocycles. The lowest BCUT2D eigenvalue weighted by atomic mass is 9.80. The number of aromatic nitrogens is 2. The average Bonchev–Trinajstić information content (AvgIpc) is 3.46. The van der Waals surface area contributed by atoms with Crippen LogP contribution in [-0.4, -0.2) is 40.1 Å². The molecule has 0 unspecified atom stereocenters. The van der Waals surface area contributed by atoms with E-state index >= 15 is 0 Å². The molecular formula is C26H30N4O2. The van der Waals surface area contributed by atoms with Gasteiger partial charge in [-0.1, -0.05) is 65.8 Å². The summed E-state index contributed by atoms with van der Waals surface area (Å²) < 4.78 is 5.71. The molecule has 0 radical (unpaired) electrons. The summed E-state index contributed by atoms with van der Waals surface area (Å²) >= 11 is 0. The maximum Gasteiger partial charge on any atom is 0.234 e. The van der Waals surface area contributed by atoms with Crippen molar-refractivity contribution in [2.24, 2.45) is 5.92 Å². The molecular weight excluding hydrogens is 400 g/mol. The zero-order valence-corrected chi connectivity index (χ0v) is 18.5. The highest BCUT2D eigenvalue weighted by Crippen LogP contribution is 2.50. The maximum absolute atomic E-state index is 12.7. The van der Waals surface area contributed by atoms with Crippen molar-refractivity contribution in [3.8, 4) is 0 Å². The van der Waals surface area contributed by atoms with Gasteiger partial charge in [0.2, 0.25) is 11.8 Å². The molecule has 5 rings (SSSR count). The predicted octanol–water partition coefficient (Wildman–Crippen LogP) is 3.66. The summed E-state index contributed by atoms with van der Waals surface area (Å²) in [5, 5.41) is 7.38. The van der Waals surface area contributed by atoms with Gasteiger partial charge < -0.3 is 9.84 Å². The van der Waals surface area contributed by atoms with E-state index in [9.17, 15) is 4.79 Å². The van der Waals surface area contributed by atoms with Crippen LogP contribution in [-0.2, 0) is 23.2 Å². The van der Waals surface area contributed by atoms with Crippen LogP contribution in [0.5, 0.6) is 0 Å². The van der Waals surface area contributed by atoms with Gasteiger partial charge in [0.1, 0.15) is 0 Å². The van der Waals surface area contributed by atoms with Crippen LogP contribution in [0.25, 0.3) is 0 Å². The molecule has 6 nitrogen and oxygen atoms in total. The summed E-state index contributed by atoms with van der Waals surface area (Å²) in [5.74, 6) is 1.92. The van der Waals surface area contributed by atoms with Crippen molar-refractivity contribution in [3.05, 3.63) is 83.5 Å². The van der Waals surface area contributed by atoms with Crippen molar-refractivity contribution in [2.75, 3.05) is 13.1 Å². The molecule has 1 amide bonds. The highest BCUT2D eigenvalue weighted by Gasteiger charge is 2.57. The van der Waals surface area contributed by atoms with Gasteiger partial charge in [-0.3, -0.25) is 9.69 Å². The Kier molecular flexibility index (Phi) is 5.79. The number of hydrogen-bond acceptors (Lipinski definition) is 5. The number of amides is 1. The summed E-state index contributed by atoms with van der Waals surface area (Å²) in [7, 11) is 0. The zero-order valence-electron chi connectivity index (χ0n) is 18.5. The fourth-order valence-electron chi connectivity index (χ4n) is 5.58. The van der Waals surface area contributed by atoms with Crippen LogP contribution < -0.4 is 5.32 Å². The number of nitrogens with one attached hydrogen (secondary N) is 1. The number of fused-ring (bicyclic) bond motifs is 1. The fourth-order valence-corrected chi connectivity index (χ4v) is 5.58. The summed E-state index contributed by atoms with van der Waals surface area (Å²) in [6.45, 7) is 4.64. The lowest BCUT2D eigenvalue weighted by molar-refractivity contribution is -0.121. The highest BCUT2D eigenvalue weighted by atomic mass is 16.5. The second-order valence-electron chi connectivity index (χ2n) is 9.34. The number of hydrogen-bond donors (Lipinski definition) is 1. The van der Waals surface area contributed by atoms with Crippen LogP contribution in [0, 0.1) is 12.8 Å². The monoisotopic (exact) mass is 430 g/mol. The third-order valence-corrected chi connectivity index (χ3v) is 7.00. The van der Waals surface area contributed by atoms with Crippen molar-refractivity contribution >= 4 is 5.91 Å². The zero-order chi connectivity index (χ0) is 22.0. The molecule has 166 valence electrons. The van der Waals surface area contributed by atoms with E-state index < -0.39 is 0 Å². The van der Waals surface area contributed by atoms with Gasteiger partial charge in [0.25, 0.3) is 0 Å².